The SMILES string of the molecule is CN(Cc1ccccc1Cl)C(=O)[C@H]1CN1. The first-order chi connectivity index (χ1) is 7.18. The van der Waals surface area contributed by atoms with Crippen LogP contribution in [-0.2, 0) is 11.3 Å². The number of carbonyl (C=O) groups excluding carboxylic acids is 1. The number of hydrogen-bond donors (Lipinski definition) is 1. The van der Waals surface area contributed by atoms with E-state index in [1.54, 1.807) is 11.9 Å². The molecule has 1 N–H and O–H groups in total. The zero-order chi connectivity index (χ0) is 10.8. The Morgan fingerprint density at radius 1 is 1.60 bits per heavy atom. The lowest BCUT2D eigenvalue weighted by Gasteiger charge is -2.17. The fourth-order valence-corrected chi connectivity index (χ4v) is 1.66. The number of nitrogens with zero attached hydrogens (tertiary/aromatic N) is 1. The summed E-state index contributed by atoms with van der Waals surface area (Å²) in [5, 5.41) is 3.70. The van der Waals surface area contributed by atoms with Crippen LogP contribution < -0.4 is 5.32 Å². The highest BCUT2D eigenvalue weighted by atomic mass is 35.5. The standard InChI is InChI=1S/C11H13ClN2O/c1-14(11(15)10-6-13-10)7-8-4-2-3-5-9(8)12/h2-5,10,13H,6-7H2,1H3/t10-/m1/s1. The zero-order valence-corrected chi connectivity index (χ0v) is 9.29. The average molecular weight is 225 g/mol. The van der Waals surface area contributed by atoms with Crippen molar-refractivity contribution >= 4 is 17.5 Å². The molecule has 15 heavy (non-hydrogen) atoms. The van der Waals surface area contributed by atoms with Gasteiger partial charge in [-0.05, 0) is 11.6 Å². The second kappa shape index (κ2) is 4.21. The minimum atomic E-state index is 0.0255. The Labute approximate surface area is 94.0 Å². The van der Waals surface area contributed by atoms with E-state index in [0.717, 1.165) is 12.1 Å². The van der Waals surface area contributed by atoms with E-state index in [-0.39, 0.29) is 11.9 Å². The van der Waals surface area contributed by atoms with Crippen LogP contribution in [0.1, 0.15) is 5.56 Å². The molecule has 0 unspecified atom stereocenters. The molecule has 1 aliphatic heterocycles. The molecule has 0 aliphatic carbocycles. The maximum absolute atomic E-state index is 11.6. The molecule has 1 aliphatic rings. The van der Waals surface area contributed by atoms with Crippen LogP contribution in [0.2, 0.25) is 5.02 Å². The van der Waals surface area contributed by atoms with Crippen molar-refractivity contribution in [3.05, 3.63) is 34.9 Å². The minimum absolute atomic E-state index is 0.0255. The monoisotopic (exact) mass is 224 g/mol. The smallest absolute Gasteiger partial charge is 0.241 e. The number of benzene rings is 1. The molecular weight excluding hydrogens is 212 g/mol. The van der Waals surface area contributed by atoms with E-state index in [9.17, 15) is 4.79 Å². The van der Waals surface area contributed by atoms with Gasteiger partial charge in [0.25, 0.3) is 0 Å². The molecule has 80 valence electrons. The van der Waals surface area contributed by atoms with Crippen LogP contribution in [0.3, 0.4) is 0 Å². The van der Waals surface area contributed by atoms with E-state index >= 15 is 0 Å². The van der Waals surface area contributed by atoms with Gasteiger partial charge in [-0.1, -0.05) is 29.8 Å². The molecule has 1 saturated heterocycles. The number of halogens is 1. The van der Waals surface area contributed by atoms with E-state index in [2.05, 4.69) is 5.32 Å². The summed E-state index contributed by atoms with van der Waals surface area (Å²) < 4.78 is 0. The molecule has 1 aromatic rings. The van der Waals surface area contributed by atoms with Gasteiger partial charge in [0.05, 0.1) is 6.04 Å². The average Bonchev–Trinajstić information content (AvgIpc) is 3.04. The Morgan fingerprint density at radius 3 is 2.87 bits per heavy atom. The summed E-state index contributed by atoms with van der Waals surface area (Å²) in [6, 6.07) is 7.61. The van der Waals surface area contributed by atoms with E-state index < -0.39 is 0 Å². The van der Waals surface area contributed by atoms with Crippen LogP contribution in [0.15, 0.2) is 24.3 Å². The molecule has 1 fully saturated rings. The number of carbonyl (C=O) groups is 1. The summed E-state index contributed by atoms with van der Waals surface area (Å²) in [7, 11) is 1.80. The van der Waals surface area contributed by atoms with Gasteiger partial charge in [-0.15, -0.1) is 0 Å². The van der Waals surface area contributed by atoms with Crippen LogP contribution in [0.25, 0.3) is 0 Å². The molecule has 4 heteroatoms. The third-order valence-electron chi connectivity index (χ3n) is 2.45. The fraction of sp³-hybridized carbons (Fsp3) is 0.364. The number of hydrogen-bond acceptors (Lipinski definition) is 2. The topological polar surface area (TPSA) is 42.2 Å². The molecule has 1 heterocycles. The molecular formula is C11H13ClN2O. The third-order valence-corrected chi connectivity index (χ3v) is 2.82. The first kappa shape index (κ1) is 10.5. The summed E-state index contributed by atoms with van der Waals surface area (Å²) in [6.07, 6.45) is 0. The Morgan fingerprint density at radius 2 is 2.27 bits per heavy atom. The van der Waals surface area contributed by atoms with Gasteiger partial charge in [-0.3, -0.25) is 4.79 Å². The van der Waals surface area contributed by atoms with Crippen molar-refractivity contribution in [1.82, 2.24) is 10.2 Å². The third kappa shape index (κ3) is 2.49. The number of rotatable bonds is 3. The van der Waals surface area contributed by atoms with Gasteiger partial charge < -0.3 is 10.2 Å². The number of amides is 1. The van der Waals surface area contributed by atoms with Gasteiger partial charge in [-0.25, -0.2) is 0 Å². The Bertz CT molecular complexity index is 377. The summed E-state index contributed by atoms with van der Waals surface area (Å²) in [6.45, 7) is 1.36. The Hall–Kier alpha value is -1.06. The van der Waals surface area contributed by atoms with Gasteiger partial charge >= 0.3 is 0 Å². The van der Waals surface area contributed by atoms with Crippen LogP contribution in [0.5, 0.6) is 0 Å². The van der Waals surface area contributed by atoms with Gasteiger partial charge in [-0.2, -0.15) is 0 Å². The summed E-state index contributed by atoms with van der Waals surface area (Å²) in [5.41, 5.74) is 0.982. The van der Waals surface area contributed by atoms with Crippen molar-refractivity contribution in [2.45, 2.75) is 12.6 Å². The Balaban J connectivity index is 2.01. The van der Waals surface area contributed by atoms with Crippen LogP contribution in [0, 0.1) is 0 Å². The largest absolute Gasteiger partial charge is 0.340 e. The molecule has 0 saturated carbocycles. The maximum Gasteiger partial charge on any atom is 0.241 e. The zero-order valence-electron chi connectivity index (χ0n) is 8.53. The quantitative estimate of drug-likeness (QED) is 0.786. The van der Waals surface area contributed by atoms with Crippen molar-refractivity contribution in [3.63, 3.8) is 0 Å². The van der Waals surface area contributed by atoms with E-state index in [4.69, 9.17) is 11.6 Å². The highest BCUT2D eigenvalue weighted by molar-refractivity contribution is 6.31. The van der Waals surface area contributed by atoms with Crippen LogP contribution in [-0.4, -0.2) is 30.4 Å². The number of nitrogens with one attached hydrogen (secondary N) is 1. The lowest BCUT2D eigenvalue weighted by atomic mass is 10.2. The summed E-state index contributed by atoms with van der Waals surface area (Å²) in [5.74, 6) is 0.134. The van der Waals surface area contributed by atoms with Gasteiger partial charge in [0.15, 0.2) is 0 Å². The molecule has 3 nitrogen and oxygen atoms in total. The predicted molar refractivity (Wildman–Crippen MR) is 59.7 cm³/mol. The fourth-order valence-electron chi connectivity index (χ4n) is 1.46. The molecule has 2 rings (SSSR count). The van der Waals surface area contributed by atoms with E-state index in [1.165, 1.54) is 0 Å². The first-order valence-corrected chi connectivity index (χ1v) is 5.28. The van der Waals surface area contributed by atoms with Crippen molar-refractivity contribution in [1.29, 1.82) is 0 Å². The minimum Gasteiger partial charge on any atom is -0.340 e. The van der Waals surface area contributed by atoms with E-state index in [1.807, 2.05) is 24.3 Å². The maximum atomic E-state index is 11.6. The highest BCUT2D eigenvalue weighted by Crippen LogP contribution is 2.17. The predicted octanol–water partition coefficient (Wildman–Crippen LogP) is 1.27. The molecule has 1 amide bonds. The van der Waals surface area contributed by atoms with Crippen molar-refractivity contribution in [3.8, 4) is 0 Å². The first-order valence-electron chi connectivity index (χ1n) is 4.90. The molecule has 0 bridgehead atoms. The Kier molecular flexibility index (Phi) is 2.93. The normalized spacial score (nSPS) is 18.7. The second-order valence-corrected chi connectivity index (χ2v) is 4.15. The van der Waals surface area contributed by atoms with Crippen molar-refractivity contribution in [2.24, 2.45) is 0 Å². The summed E-state index contributed by atoms with van der Waals surface area (Å²) in [4.78, 5) is 13.3. The van der Waals surface area contributed by atoms with E-state index in [0.29, 0.717) is 11.6 Å². The van der Waals surface area contributed by atoms with Gasteiger partial charge in [0, 0.05) is 25.2 Å². The number of likely N-dealkylation sites (N-methyl/N-ethyl adjacent to an activating group) is 1. The molecule has 0 radical (unpaired) electrons. The van der Waals surface area contributed by atoms with Crippen LogP contribution in [0.4, 0.5) is 0 Å². The molecule has 0 aromatic heterocycles. The van der Waals surface area contributed by atoms with Crippen LogP contribution >= 0.6 is 11.6 Å². The van der Waals surface area contributed by atoms with Gasteiger partial charge in [0.2, 0.25) is 5.91 Å². The highest BCUT2D eigenvalue weighted by Gasteiger charge is 2.31. The second-order valence-electron chi connectivity index (χ2n) is 3.75. The molecule has 1 aromatic carbocycles. The van der Waals surface area contributed by atoms with Crippen molar-refractivity contribution < 1.29 is 4.79 Å². The molecule has 1 atom stereocenters. The van der Waals surface area contributed by atoms with Gasteiger partial charge in [0.1, 0.15) is 0 Å². The van der Waals surface area contributed by atoms with Crippen molar-refractivity contribution in [2.75, 3.05) is 13.6 Å². The molecule has 0 spiro atoms. The summed E-state index contributed by atoms with van der Waals surface area (Å²) >= 11 is 6.01. The lowest BCUT2D eigenvalue weighted by molar-refractivity contribution is -0.129. The lowest BCUT2D eigenvalue weighted by Crippen LogP contribution is -2.31.